The van der Waals surface area contributed by atoms with Crippen LogP contribution in [0.25, 0.3) is 10.7 Å². The Morgan fingerprint density at radius 3 is 3.07 bits per heavy atom. The van der Waals surface area contributed by atoms with Gasteiger partial charge in [-0.15, -0.1) is 11.3 Å². The lowest BCUT2D eigenvalue weighted by Crippen LogP contribution is -2.12. The highest BCUT2D eigenvalue weighted by molar-refractivity contribution is 7.13. The molecule has 15 heavy (non-hydrogen) atoms. The van der Waals surface area contributed by atoms with Crippen LogP contribution in [-0.4, -0.2) is 10.1 Å². The molecule has 1 aliphatic rings. The van der Waals surface area contributed by atoms with E-state index in [0.29, 0.717) is 17.6 Å². The van der Waals surface area contributed by atoms with Crippen molar-refractivity contribution >= 4 is 11.3 Å². The summed E-state index contributed by atoms with van der Waals surface area (Å²) in [4.78, 5) is 5.34. The zero-order valence-corrected chi connectivity index (χ0v) is 8.91. The minimum atomic E-state index is -0.0776. The normalized spacial score (nSPS) is 17.9. The van der Waals surface area contributed by atoms with Crippen molar-refractivity contribution in [3.8, 4) is 10.7 Å². The van der Waals surface area contributed by atoms with Crippen LogP contribution >= 0.6 is 11.3 Å². The number of hydrogen-bond acceptors (Lipinski definition) is 5. The third-order valence-corrected chi connectivity index (χ3v) is 3.46. The molecule has 1 fully saturated rings. The van der Waals surface area contributed by atoms with E-state index >= 15 is 0 Å². The molecule has 78 valence electrons. The molecule has 0 saturated heterocycles. The molecule has 0 aromatic carbocycles. The first-order chi connectivity index (χ1) is 7.34. The van der Waals surface area contributed by atoms with Gasteiger partial charge in [-0.3, -0.25) is 0 Å². The summed E-state index contributed by atoms with van der Waals surface area (Å²) in [5.74, 6) is 1.76. The Morgan fingerprint density at radius 1 is 1.53 bits per heavy atom. The minimum Gasteiger partial charge on any atom is -0.337 e. The summed E-state index contributed by atoms with van der Waals surface area (Å²) in [7, 11) is 0. The Morgan fingerprint density at radius 2 is 2.40 bits per heavy atom. The van der Waals surface area contributed by atoms with Crippen molar-refractivity contribution in [2.24, 2.45) is 11.7 Å². The fourth-order valence-corrected chi connectivity index (χ4v) is 2.18. The molecule has 0 amide bonds. The molecule has 4 nitrogen and oxygen atoms in total. The Kier molecular flexibility index (Phi) is 2.07. The average molecular weight is 221 g/mol. The van der Waals surface area contributed by atoms with Crippen LogP contribution in [0.1, 0.15) is 24.8 Å². The van der Waals surface area contributed by atoms with E-state index in [4.69, 9.17) is 10.3 Å². The van der Waals surface area contributed by atoms with Crippen LogP contribution in [-0.2, 0) is 0 Å². The van der Waals surface area contributed by atoms with Crippen LogP contribution in [0.5, 0.6) is 0 Å². The predicted molar refractivity (Wildman–Crippen MR) is 57.3 cm³/mol. The standard InChI is InChI=1S/C10H11N3OS/c11-8(6-3-4-6)10-12-9(13-14-10)7-2-1-5-15-7/h1-2,5-6,8H,3-4,11H2. The lowest BCUT2D eigenvalue weighted by atomic mass is 10.2. The smallest absolute Gasteiger partial charge is 0.244 e. The van der Waals surface area contributed by atoms with Crippen LogP contribution in [0, 0.1) is 5.92 Å². The van der Waals surface area contributed by atoms with Crippen LogP contribution < -0.4 is 5.73 Å². The summed E-state index contributed by atoms with van der Waals surface area (Å²) in [6, 6.07) is 3.87. The van der Waals surface area contributed by atoms with Gasteiger partial charge < -0.3 is 10.3 Å². The Bertz CT molecular complexity index is 447. The maximum absolute atomic E-state index is 5.97. The van der Waals surface area contributed by atoms with Crippen molar-refractivity contribution in [1.29, 1.82) is 0 Å². The molecule has 3 rings (SSSR count). The van der Waals surface area contributed by atoms with Crippen LogP contribution in [0.2, 0.25) is 0 Å². The monoisotopic (exact) mass is 221 g/mol. The first-order valence-corrected chi connectivity index (χ1v) is 5.85. The molecular formula is C10H11N3OS. The van der Waals surface area contributed by atoms with Crippen molar-refractivity contribution in [2.75, 3.05) is 0 Å². The number of hydrogen-bond donors (Lipinski definition) is 1. The zero-order valence-electron chi connectivity index (χ0n) is 8.09. The number of thiophene rings is 1. The maximum Gasteiger partial charge on any atom is 0.244 e. The van der Waals surface area contributed by atoms with Crippen LogP contribution in [0.3, 0.4) is 0 Å². The zero-order chi connectivity index (χ0) is 10.3. The number of nitrogens with two attached hydrogens (primary N) is 1. The highest BCUT2D eigenvalue weighted by Crippen LogP contribution is 2.39. The second-order valence-corrected chi connectivity index (χ2v) is 4.74. The lowest BCUT2D eigenvalue weighted by Gasteiger charge is -2.01. The predicted octanol–water partition coefficient (Wildman–Crippen LogP) is 2.21. The van der Waals surface area contributed by atoms with E-state index < -0.39 is 0 Å². The Hall–Kier alpha value is -1.20. The van der Waals surface area contributed by atoms with E-state index in [-0.39, 0.29) is 6.04 Å². The summed E-state index contributed by atoms with van der Waals surface area (Å²) in [5, 5.41) is 5.93. The summed E-state index contributed by atoms with van der Waals surface area (Å²) >= 11 is 1.60. The summed E-state index contributed by atoms with van der Waals surface area (Å²) in [6.45, 7) is 0. The molecule has 5 heteroatoms. The fourth-order valence-electron chi connectivity index (χ4n) is 1.53. The Balaban J connectivity index is 1.87. The van der Waals surface area contributed by atoms with Crippen molar-refractivity contribution in [2.45, 2.75) is 18.9 Å². The van der Waals surface area contributed by atoms with Crippen molar-refractivity contribution in [3.05, 3.63) is 23.4 Å². The maximum atomic E-state index is 5.97. The lowest BCUT2D eigenvalue weighted by molar-refractivity contribution is 0.343. The highest BCUT2D eigenvalue weighted by Gasteiger charge is 2.33. The third kappa shape index (κ3) is 1.68. The largest absolute Gasteiger partial charge is 0.337 e. The molecule has 0 radical (unpaired) electrons. The first kappa shape index (κ1) is 9.06. The average Bonchev–Trinajstić information content (AvgIpc) is 2.80. The van der Waals surface area contributed by atoms with Crippen molar-refractivity contribution in [1.82, 2.24) is 10.1 Å². The summed E-state index contributed by atoms with van der Waals surface area (Å²) in [6.07, 6.45) is 2.36. The molecule has 2 aromatic heterocycles. The molecule has 1 saturated carbocycles. The summed E-state index contributed by atoms with van der Waals surface area (Å²) in [5.41, 5.74) is 5.97. The van der Waals surface area contributed by atoms with Gasteiger partial charge in [-0.25, -0.2) is 0 Å². The number of aromatic nitrogens is 2. The van der Waals surface area contributed by atoms with Crippen molar-refractivity contribution < 1.29 is 4.52 Å². The summed E-state index contributed by atoms with van der Waals surface area (Å²) < 4.78 is 5.17. The molecule has 1 aliphatic carbocycles. The molecule has 0 spiro atoms. The molecule has 0 bridgehead atoms. The van der Waals surface area contributed by atoms with Gasteiger partial charge in [0.1, 0.15) is 0 Å². The van der Waals surface area contributed by atoms with Gasteiger partial charge in [0.2, 0.25) is 11.7 Å². The third-order valence-electron chi connectivity index (χ3n) is 2.60. The van der Waals surface area contributed by atoms with Crippen LogP contribution in [0.4, 0.5) is 0 Å². The molecule has 2 aromatic rings. The van der Waals surface area contributed by atoms with E-state index in [9.17, 15) is 0 Å². The number of nitrogens with zero attached hydrogens (tertiary/aromatic N) is 2. The molecule has 1 atom stereocenters. The minimum absolute atomic E-state index is 0.0776. The van der Waals surface area contributed by atoms with E-state index in [2.05, 4.69) is 10.1 Å². The van der Waals surface area contributed by atoms with Gasteiger partial charge in [-0.05, 0) is 30.2 Å². The Labute approximate surface area is 91.1 Å². The molecule has 2 heterocycles. The number of rotatable bonds is 3. The van der Waals surface area contributed by atoms with E-state index in [1.165, 1.54) is 12.8 Å². The van der Waals surface area contributed by atoms with Gasteiger partial charge in [0.05, 0.1) is 10.9 Å². The second kappa shape index (κ2) is 3.43. The quantitative estimate of drug-likeness (QED) is 0.863. The van der Waals surface area contributed by atoms with Gasteiger partial charge >= 0.3 is 0 Å². The molecule has 1 unspecified atom stereocenters. The van der Waals surface area contributed by atoms with Gasteiger partial charge in [-0.1, -0.05) is 11.2 Å². The second-order valence-electron chi connectivity index (χ2n) is 3.80. The van der Waals surface area contributed by atoms with E-state index in [0.717, 1.165) is 4.88 Å². The van der Waals surface area contributed by atoms with Crippen LogP contribution in [0.15, 0.2) is 22.0 Å². The highest BCUT2D eigenvalue weighted by atomic mass is 32.1. The van der Waals surface area contributed by atoms with Gasteiger partial charge in [0, 0.05) is 0 Å². The molecule has 2 N–H and O–H groups in total. The van der Waals surface area contributed by atoms with Gasteiger partial charge in [0.15, 0.2) is 0 Å². The van der Waals surface area contributed by atoms with Crippen molar-refractivity contribution in [3.63, 3.8) is 0 Å². The van der Waals surface area contributed by atoms with Gasteiger partial charge in [0.25, 0.3) is 0 Å². The molecule has 0 aliphatic heterocycles. The topological polar surface area (TPSA) is 64.9 Å². The first-order valence-electron chi connectivity index (χ1n) is 4.97. The van der Waals surface area contributed by atoms with E-state index in [1.54, 1.807) is 11.3 Å². The molecular weight excluding hydrogens is 210 g/mol. The van der Waals surface area contributed by atoms with Gasteiger partial charge in [-0.2, -0.15) is 4.98 Å². The van der Waals surface area contributed by atoms with E-state index in [1.807, 2.05) is 17.5 Å². The fraction of sp³-hybridized carbons (Fsp3) is 0.400. The SMILES string of the molecule is NC(c1nc(-c2cccs2)no1)C1CC1.